The van der Waals surface area contributed by atoms with E-state index >= 15 is 0 Å². The number of aldehydes is 1. The molecular weight excluding hydrogens is 504 g/mol. The quantitative estimate of drug-likeness (QED) is 0.488. The number of nitriles is 1. The second-order valence-electron chi connectivity index (χ2n) is 9.60. The zero-order valence-corrected chi connectivity index (χ0v) is 22.7. The van der Waals surface area contributed by atoms with E-state index in [2.05, 4.69) is 26.7 Å². The molecule has 11 nitrogen and oxygen atoms in total. The van der Waals surface area contributed by atoms with Gasteiger partial charge in [0.25, 0.3) is 0 Å². The van der Waals surface area contributed by atoms with E-state index in [4.69, 9.17) is 0 Å². The number of nitrogens with one attached hydrogen (secondary N) is 2. The number of fused-ring (bicyclic) bond motifs is 1. The molecule has 38 heavy (non-hydrogen) atoms. The van der Waals surface area contributed by atoms with Gasteiger partial charge in [0.05, 0.1) is 17.8 Å². The summed E-state index contributed by atoms with van der Waals surface area (Å²) in [5.41, 5.74) is 2.75. The third-order valence-corrected chi connectivity index (χ3v) is 7.41. The number of carbonyl (C=O) groups excluding carboxylic acids is 3. The lowest BCUT2D eigenvalue weighted by atomic mass is 10.0. The molecule has 4 rings (SSSR count). The molecule has 0 spiro atoms. The normalized spacial score (nSPS) is 16.4. The van der Waals surface area contributed by atoms with Crippen molar-refractivity contribution in [2.45, 2.75) is 32.4 Å². The molecule has 3 amide bonds. The first-order valence-corrected chi connectivity index (χ1v) is 13.9. The van der Waals surface area contributed by atoms with Crippen LogP contribution < -0.4 is 15.5 Å². The number of rotatable bonds is 8. The summed E-state index contributed by atoms with van der Waals surface area (Å²) in [6.45, 7) is 4.47. The summed E-state index contributed by atoms with van der Waals surface area (Å²) in [5.74, 6) is 1.61. The van der Waals surface area contributed by atoms with Crippen LogP contribution in [0.4, 0.5) is 22.1 Å². The molecule has 2 aromatic rings. The minimum absolute atomic E-state index is 0.0148. The first-order valence-electron chi connectivity index (χ1n) is 12.5. The van der Waals surface area contributed by atoms with E-state index in [0.717, 1.165) is 24.3 Å². The largest absolute Gasteiger partial charge is 0.381 e. The molecule has 12 heteroatoms. The molecular formula is C26H32N8O3S. The highest BCUT2D eigenvalue weighted by Gasteiger charge is 2.28. The van der Waals surface area contributed by atoms with Gasteiger partial charge in [0.1, 0.15) is 23.4 Å². The maximum atomic E-state index is 13.3. The molecule has 2 aliphatic rings. The Morgan fingerprint density at radius 1 is 1.32 bits per heavy atom. The molecule has 0 aromatic carbocycles. The number of amides is 3. The van der Waals surface area contributed by atoms with Crippen LogP contribution in [0.25, 0.3) is 0 Å². The van der Waals surface area contributed by atoms with Gasteiger partial charge in [-0.25, -0.2) is 14.8 Å². The standard InChI is InChI=1S/C26H32N8O3S/c1-17(16-38-3)29-21-10-23(28-12-20(21)11-27)31-26(37)34-6-4-5-18-9-19(22(15-35)30-25(18)34)13-33-8-7-32(2)14-24(33)36/h9-10,12,15,17H,4-8,13-14,16H2,1-3H3,(H2,28,29,31,37). The van der Waals surface area contributed by atoms with E-state index in [0.29, 0.717) is 67.3 Å². The van der Waals surface area contributed by atoms with Crippen molar-refractivity contribution in [3.63, 3.8) is 0 Å². The summed E-state index contributed by atoms with van der Waals surface area (Å²) in [6, 6.07) is 5.38. The molecule has 4 heterocycles. The topological polar surface area (TPSA) is 135 Å². The van der Waals surface area contributed by atoms with Crippen molar-refractivity contribution in [1.29, 1.82) is 5.26 Å². The highest BCUT2D eigenvalue weighted by molar-refractivity contribution is 7.98. The van der Waals surface area contributed by atoms with E-state index in [-0.39, 0.29) is 17.6 Å². The lowest BCUT2D eigenvalue weighted by Crippen LogP contribution is -2.48. The zero-order chi connectivity index (χ0) is 27.2. The number of piperazine rings is 1. The first kappa shape index (κ1) is 27.3. The molecule has 0 saturated carbocycles. The van der Waals surface area contributed by atoms with Crippen LogP contribution in [0.5, 0.6) is 0 Å². The van der Waals surface area contributed by atoms with Crippen molar-refractivity contribution < 1.29 is 14.4 Å². The molecule has 1 unspecified atom stereocenters. The lowest BCUT2D eigenvalue weighted by molar-refractivity contribution is -0.136. The molecule has 2 aliphatic heterocycles. The molecule has 0 aliphatic carbocycles. The van der Waals surface area contributed by atoms with Gasteiger partial charge >= 0.3 is 6.03 Å². The van der Waals surface area contributed by atoms with E-state index in [1.807, 2.05) is 31.2 Å². The molecule has 2 aromatic heterocycles. The number of urea groups is 1. The second-order valence-corrected chi connectivity index (χ2v) is 10.5. The third kappa shape index (κ3) is 6.23. The maximum absolute atomic E-state index is 13.3. The van der Waals surface area contributed by atoms with Crippen LogP contribution in [0.15, 0.2) is 18.3 Å². The van der Waals surface area contributed by atoms with Crippen molar-refractivity contribution >= 4 is 47.3 Å². The minimum Gasteiger partial charge on any atom is -0.381 e. The fourth-order valence-corrected chi connectivity index (χ4v) is 5.23. The highest BCUT2D eigenvalue weighted by atomic mass is 32.2. The average Bonchev–Trinajstić information content (AvgIpc) is 2.89. The number of hydrogen-bond acceptors (Lipinski definition) is 9. The number of thioether (sulfide) groups is 1. The van der Waals surface area contributed by atoms with Crippen molar-refractivity contribution in [2.75, 3.05) is 60.8 Å². The Morgan fingerprint density at radius 3 is 2.84 bits per heavy atom. The Hall–Kier alpha value is -3.69. The molecule has 2 N–H and O–H groups in total. The Bertz CT molecular complexity index is 1260. The summed E-state index contributed by atoms with van der Waals surface area (Å²) in [4.78, 5) is 51.7. The number of hydrogen-bond donors (Lipinski definition) is 2. The van der Waals surface area contributed by atoms with Crippen LogP contribution >= 0.6 is 11.8 Å². The summed E-state index contributed by atoms with van der Waals surface area (Å²) in [5, 5.41) is 15.6. The number of pyridine rings is 2. The van der Waals surface area contributed by atoms with Gasteiger partial charge in [-0.15, -0.1) is 0 Å². The van der Waals surface area contributed by atoms with Gasteiger partial charge in [0, 0.05) is 55.8 Å². The smallest absolute Gasteiger partial charge is 0.328 e. The van der Waals surface area contributed by atoms with E-state index in [9.17, 15) is 19.6 Å². The number of anilines is 3. The number of likely N-dealkylation sites (N-methyl/N-ethyl adjacent to an activating group) is 1. The van der Waals surface area contributed by atoms with Gasteiger partial charge in [-0.3, -0.25) is 24.7 Å². The number of aryl methyl sites for hydroxylation is 1. The maximum Gasteiger partial charge on any atom is 0.328 e. The van der Waals surface area contributed by atoms with Crippen molar-refractivity contribution in [2.24, 2.45) is 0 Å². The minimum atomic E-state index is -0.419. The van der Waals surface area contributed by atoms with Crippen LogP contribution in [-0.2, 0) is 17.8 Å². The summed E-state index contributed by atoms with van der Waals surface area (Å²) >= 11 is 1.69. The van der Waals surface area contributed by atoms with Crippen molar-refractivity contribution in [3.8, 4) is 6.07 Å². The van der Waals surface area contributed by atoms with Gasteiger partial charge in [0.2, 0.25) is 5.91 Å². The summed E-state index contributed by atoms with van der Waals surface area (Å²) < 4.78 is 0. The van der Waals surface area contributed by atoms with Crippen LogP contribution in [0, 0.1) is 11.3 Å². The Labute approximate surface area is 226 Å². The predicted molar refractivity (Wildman–Crippen MR) is 148 cm³/mol. The monoisotopic (exact) mass is 536 g/mol. The zero-order valence-electron chi connectivity index (χ0n) is 21.9. The summed E-state index contributed by atoms with van der Waals surface area (Å²) in [7, 11) is 1.91. The second kappa shape index (κ2) is 12.2. The molecule has 200 valence electrons. The van der Waals surface area contributed by atoms with Crippen LogP contribution in [-0.4, -0.2) is 89.3 Å². The van der Waals surface area contributed by atoms with E-state index in [1.165, 1.54) is 11.1 Å². The predicted octanol–water partition coefficient (Wildman–Crippen LogP) is 2.58. The van der Waals surface area contributed by atoms with Gasteiger partial charge in [-0.05, 0) is 44.7 Å². The van der Waals surface area contributed by atoms with Gasteiger partial charge in [-0.2, -0.15) is 17.0 Å². The molecule has 0 bridgehead atoms. The fourth-order valence-electron chi connectivity index (χ4n) is 4.65. The molecule has 0 radical (unpaired) electrons. The Balaban J connectivity index is 1.54. The lowest BCUT2D eigenvalue weighted by Gasteiger charge is -2.33. The fraction of sp³-hybridized carbons (Fsp3) is 0.462. The van der Waals surface area contributed by atoms with Gasteiger partial charge in [-0.1, -0.05) is 0 Å². The first-order chi connectivity index (χ1) is 18.3. The molecule has 1 atom stereocenters. The Kier molecular flexibility index (Phi) is 8.81. The van der Waals surface area contributed by atoms with E-state index in [1.54, 1.807) is 22.7 Å². The van der Waals surface area contributed by atoms with Crippen molar-refractivity contribution in [1.82, 2.24) is 19.8 Å². The Morgan fingerprint density at radius 2 is 2.13 bits per heavy atom. The van der Waals surface area contributed by atoms with Crippen LogP contribution in [0.3, 0.4) is 0 Å². The molecule has 1 fully saturated rings. The van der Waals surface area contributed by atoms with Crippen molar-refractivity contribution in [3.05, 3.63) is 40.7 Å². The summed E-state index contributed by atoms with van der Waals surface area (Å²) in [6.07, 6.45) is 5.57. The van der Waals surface area contributed by atoms with Crippen LogP contribution in [0.2, 0.25) is 0 Å². The third-order valence-electron chi connectivity index (χ3n) is 6.58. The number of carbonyl (C=O) groups is 3. The average molecular weight is 537 g/mol. The number of aromatic nitrogens is 2. The van der Waals surface area contributed by atoms with Gasteiger partial charge in [0.15, 0.2) is 6.29 Å². The number of nitrogens with zero attached hydrogens (tertiary/aromatic N) is 6. The highest BCUT2D eigenvalue weighted by Crippen LogP contribution is 2.29. The molecule has 1 saturated heterocycles. The van der Waals surface area contributed by atoms with E-state index < -0.39 is 6.03 Å². The van der Waals surface area contributed by atoms with Gasteiger partial charge < -0.3 is 10.2 Å². The SMILES string of the molecule is CSCC(C)Nc1cc(NC(=O)N2CCCc3cc(CN4CCN(C)CC4=O)c(C=O)nc32)ncc1C#N. The van der Waals surface area contributed by atoms with Crippen LogP contribution in [0.1, 0.15) is 40.5 Å².